The van der Waals surface area contributed by atoms with Gasteiger partial charge in [-0.05, 0) is 36.2 Å². The van der Waals surface area contributed by atoms with Gasteiger partial charge in [0.05, 0.1) is 18.3 Å². The summed E-state index contributed by atoms with van der Waals surface area (Å²) >= 11 is 0.933. The highest BCUT2D eigenvalue weighted by atomic mass is 32.2. The van der Waals surface area contributed by atoms with Crippen molar-refractivity contribution >= 4 is 38.7 Å². The second-order valence-corrected chi connectivity index (χ2v) is 10.2. The average Bonchev–Trinajstić information content (AvgIpc) is 3.36. The van der Waals surface area contributed by atoms with Crippen LogP contribution in [0.25, 0.3) is 11.0 Å². The maximum atomic E-state index is 13.3. The zero-order valence-electron chi connectivity index (χ0n) is 18.5. The van der Waals surface area contributed by atoms with Gasteiger partial charge in [0.15, 0.2) is 11.5 Å². The van der Waals surface area contributed by atoms with Crippen LogP contribution in [0.15, 0.2) is 77.7 Å². The lowest BCUT2D eigenvalue weighted by Crippen LogP contribution is -2.50. The van der Waals surface area contributed by atoms with E-state index < -0.39 is 28.1 Å². The Hall–Kier alpha value is -3.54. The Balaban J connectivity index is 1.33. The molecule has 11 heteroatoms. The fraction of sp³-hybridized carbons (Fsp3) is 0.208. The fourth-order valence-electron chi connectivity index (χ4n) is 3.79. The summed E-state index contributed by atoms with van der Waals surface area (Å²) in [4.78, 5) is 13.2. The van der Waals surface area contributed by atoms with E-state index in [0.29, 0.717) is 17.0 Å². The molecule has 0 saturated heterocycles. The van der Waals surface area contributed by atoms with Gasteiger partial charge >= 0.3 is 0 Å². The molecule has 9 nitrogen and oxygen atoms in total. The lowest BCUT2D eigenvalue weighted by Gasteiger charge is -2.27. The van der Waals surface area contributed by atoms with Gasteiger partial charge in [0, 0.05) is 0 Å². The van der Waals surface area contributed by atoms with E-state index in [-0.39, 0.29) is 30.0 Å². The van der Waals surface area contributed by atoms with E-state index in [1.165, 1.54) is 6.07 Å². The van der Waals surface area contributed by atoms with Crippen molar-refractivity contribution in [2.75, 3.05) is 13.2 Å². The number of aromatic nitrogens is 2. The van der Waals surface area contributed by atoms with Crippen molar-refractivity contribution in [1.29, 1.82) is 0 Å². The second-order valence-electron chi connectivity index (χ2n) is 7.99. The van der Waals surface area contributed by atoms with Crippen molar-refractivity contribution in [3.05, 3.63) is 78.4 Å². The molecule has 180 valence electrons. The Bertz CT molecular complexity index is 1440. The molecule has 0 aliphatic carbocycles. The van der Waals surface area contributed by atoms with Gasteiger partial charge in [-0.25, -0.2) is 8.42 Å². The molecule has 1 aliphatic heterocycles. The first kappa shape index (κ1) is 23.2. The number of hydrogen-bond acceptors (Lipinski definition) is 8. The SMILES string of the molecule is O=C(NC[C@H]1COc2ccccc2O1)[C@H](Cc1ccccc1)NS(=O)(=O)c1cccc2nsnc12. The van der Waals surface area contributed by atoms with Crippen LogP contribution in [-0.4, -0.2) is 48.4 Å². The molecule has 1 aliphatic rings. The molecular formula is C24H22N4O5S2. The molecule has 0 radical (unpaired) electrons. The quantitative estimate of drug-likeness (QED) is 0.374. The zero-order valence-corrected chi connectivity index (χ0v) is 20.1. The largest absolute Gasteiger partial charge is 0.486 e. The monoisotopic (exact) mass is 510 g/mol. The number of nitrogens with one attached hydrogen (secondary N) is 2. The molecule has 1 aromatic heterocycles. The summed E-state index contributed by atoms with van der Waals surface area (Å²) < 4.78 is 49.0. The van der Waals surface area contributed by atoms with Gasteiger partial charge in [-0.1, -0.05) is 48.5 Å². The van der Waals surface area contributed by atoms with Crippen molar-refractivity contribution < 1.29 is 22.7 Å². The number of ether oxygens (including phenoxy) is 2. The van der Waals surface area contributed by atoms with Crippen LogP contribution in [0.1, 0.15) is 5.56 Å². The van der Waals surface area contributed by atoms with E-state index in [1.807, 2.05) is 48.5 Å². The van der Waals surface area contributed by atoms with Crippen LogP contribution < -0.4 is 19.5 Å². The molecule has 1 amide bonds. The number of para-hydroxylation sites is 2. The molecule has 2 N–H and O–H groups in total. The molecular weight excluding hydrogens is 488 g/mol. The Morgan fingerprint density at radius 2 is 1.77 bits per heavy atom. The van der Waals surface area contributed by atoms with Crippen LogP contribution in [0.2, 0.25) is 0 Å². The summed E-state index contributed by atoms with van der Waals surface area (Å²) in [7, 11) is -4.07. The molecule has 0 saturated carbocycles. The smallest absolute Gasteiger partial charge is 0.243 e. The van der Waals surface area contributed by atoms with Gasteiger partial charge in [-0.3, -0.25) is 4.79 Å². The van der Waals surface area contributed by atoms with Gasteiger partial charge in [-0.15, -0.1) is 0 Å². The van der Waals surface area contributed by atoms with Gasteiger partial charge in [0.25, 0.3) is 0 Å². The fourth-order valence-corrected chi connectivity index (χ4v) is 5.75. The van der Waals surface area contributed by atoms with Crippen LogP contribution in [0.4, 0.5) is 0 Å². The highest BCUT2D eigenvalue weighted by Gasteiger charge is 2.29. The van der Waals surface area contributed by atoms with Crippen LogP contribution in [-0.2, 0) is 21.2 Å². The normalized spacial score (nSPS) is 16.1. The Morgan fingerprint density at radius 1 is 1.00 bits per heavy atom. The minimum atomic E-state index is -4.07. The summed E-state index contributed by atoms with van der Waals surface area (Å²) in [6.07, 6.45) is -0.236. The van der Waals surface area contributed by atoms with Crippen molar-refractivity contribution in [2.24, 2.45) is 0 Å². The molecule has 0 spiro atoms. The molecule has 0 bridgehead atoms. The van der Waals surface area contributed by atoms with E-state index in [0.717, 1.165) is 17.3 Å². The number of amides is 1. The van der Waals surface area contributed by atoms with E-state index in [9.17, 15) is 13.2 Å². The van der Waals surface area contributed by atoms with Gasteiger partial charge in [-0.2, -0.15) is 13.5 Å². The van der Waals surface area contributed by atoms with Crippen molar-refractivity contribution in [3.63, 3.8) is 0 Å². The van der Waals surface area contributed by atoms with Crippen LogP contribution in [0.5, 0.6) is 11.5 Å². The first-order chi connectivity index (χ1) is 17.0. The van der Waals surface area contributed by atoms with Crippen molar-refractivity contribution in [2.45, 2.75) is 23.5 Å². The minimum Gasteiger partial charge on any atom is -0.486 e. The lowest BCUT2D eigenvalue weighted by atomic mass is 10.1. The highest BCUT2D eigenvalue weighted by molar-refractivity contribution is 7.89. The Labute approximate surface area is 206 Å². The summed E-state index contributed by atoms with van der Waals surface area (Å²) in [6, 6.07) is 20.2. The molecule has 0 unspecified atom stereocenters. The maximum Gasteiger partial charge on any atom is 0.243 e. The van der Waals surface area contributed by atoms with Gasteiger partial charge in [0.2, 0.25) is 15.9 Å². The minimum absolute atomic E-state index is 0.0183. The van der Waals surface area contributed by atoms with Crippen LogP contribution in [0, 0.1) is 0 Å². The van der Waals surface area contributed by atoms with Gasteiger partial charge in [0.1, 0.15) is 34.7 Å². The molecule has 2 heterocycles. The van der Waals surface area contributed by atoms with E-state index in [4.69, 9.17) is 9.47 Å². The Kier molecular flexibility index (Phi) is 6.62. The third kappa shape index (κ3) is 5.26. The van der Waals surface area contributed by atoms with E-state index in [2.05, 4.69) is 18.8 Å². The standard InChI is InChI=1S/C24H22N4O5S2/c29-24(25-14-17-15-32-20-10-4-5-11-21(20)33-17)19(13-16-7-2-1-3-8-16)28-35(30,31)22-12-6-9-18-23(22)27-34-26-18/h1-12,17,19,28H,13-15H2,(H,25,29)/t17-,19-/m0/s1. The predicted molar refractivity (Wildman–Crippen MR) is 131 cm³/mol. The third-order valence-electron chi connectivity index (χ3n) is 5.51. The summed E-state index contributed by atoms with van der Waals surface area (Å²) in [5, 5.41) is 2.81. The van der Waals surface area contributed by atoms with E-state index >= 15 is 0 Å². The summed E-state index contributed by atoms with van der Waals surface area (Å²) in [5.41, 5.74) is 1.57. The number of carbonyl (C=O) groups excluding carboxylic acids is 1. The van der Waals surface area contributed by atoms with Crippen molar-refractivity contribution in [1.82, 2.24) is 18.8 Å². The summed E-state index contributed by atoms with van der Waals surface area (Å²) in [5.74, 6) is 0.781. The molecule has 4 aromatic rings. The molecule has 2 atom stereocenters. The summed E-state index contributed by atoms with van der Waals surface area (Å²) in [6.45, 7) is 0.428. The molecule has 5 rings (SSSR count). The second kappa shape index (κ2) is 9.98. The van der Waals surface area contributed by atoms with Gasteiger partial charge < -0.3 is 14.8 Å². The Morgan fingerprint density at radius 3 is 2.60 bits per heavy atom. The number of carbonyl (C=O) groups is 1. The third-order valence-corrected chi connectivity index (χ3v) is 7.55. The number of fused-ring (bicyclic) bond motifs is 2. The van der Waals surface area contributed by atoms with Crippen LogP contribution >= 0.6 is 11.7 Å². The predicted octanol–water partition coefficient (Wildman–Crippen LogP) is 2.54. The first-order valence-corrected chi connectivity index (χ1v) is 13.1. The number of nitrogens with zero attached hydrogens (tertiary/aromatic N) is 2. The first-order valence-electron chi connectivity index (χ1n) is 10.9. The maximum absolute atomic E-state index is 13.3. The zero-order chi connectivity index (χ0) is 24.3. The molecule has 3 aromatic carbocycles. The number of hydrogen-bond donors (Lipinski definition) is 2. The van der Waals surface area contributed by atoms with Crippen molar-refractivity contribution in [3.8, 4) is 11.5 Å². The highest BCUT2D eigenvalue weighted by Crippen LogP contribution is 2.30. The average molecular weight is 511 g/mol. The number of rotatable bonds is 8. The number of benzene rings is 3. The van der Waals surface area contributed by atoms with Crippen LogP contribution in [0.3, 0.4) is 0 Å². The lowest BCUT2D eigenvalue weighted by molar-refractivity contribution is -0.123. The molecule has 35 heavy (non-hydrogen) atoms. The van der Waals surface area contributed by atoms with E-state index in [1.54, 1.807) is 18.2 Å². The number of sulfonamides is 1. The molecule has 0 fully saturated rings. The topological polar surface area (TPSA) is 120 Å².